The summed E-state index contributed by atoms with van der Waals surface area (Å²) in [6.07, 6.45) is -4.32. The van der Waals surface area contributed by atoms with E-state index in [9.17, 15) is 22.8 Å². The average molecular weight is 396 g/mol. The second-order valence-corrected chi connectivity index (χ2v) is 7.03. The van der Waals surface area contributed by atoms with Crippen molar-refractivity contribution in [1.82, 2.24) is 9.55 Å². The van der Waals surface area contributed by atoms with Crippen molar-refractivity contribution in [2.45, 2.75) is 26.1 Å². The largest absolute Gasteiger partial charge is 0.454 e. The molecule has 0 aliphatic carbocycles. The standard InChI is InChI=1S/C18H15F3N2O3S/c1-9-13-15(22-8-23(3)16(13)24)27-14(9)17(25)26-10(2)11-6-4-5-7-12(11)18(19,20)21/h4-8,10H,1-3H3. The minimum atomic E-state index is -4.55. The van der Waals surface area contributed by atoms with Crippen LogP contribution in [0.5, 0.6) is 0 Å². The van der Waals surface area contributed by atoms with Gasteiger partial charge >= 0.3 is 12.1 Å². The number of fused-ring (bicyclic) bond motifs is 1. The molecule has 9 heteroatoms. The van der Waals surface area contributed by atoms with Gasteiger partial charge in [-0.3, -0.25) is 4.79 Å². The number of thiophene rings is 1. The zero-order valence-corrected chi connectivity index (χ0v) is 15.4. The van der Waals surface area contributed by atoms with Gasteiger partial charge in [-0.2, -0.15) is 13.2 Å². The zero-order chi connectivity index (χ0) is 19.9. The second kappa shape index (κ2) is 6.80. The van der Waals surface area contributed by atoms with Gasteiger partial charge in [-0.05, 0) is 25.5 Å². The van der Waals surface area contributed by atoms with Gasteiger partial charge in [0, 0.05) is 12.6 Å². The number of hydrogen-bond acceptors (Lipinski definition) is 5. The van der Waals surface area contributed by atoms with Gasteiger partial charge in [-0.25, -0.2) is 9.78 Å². The third kappa shape index (κ3) is 3.46. The van der Waals surface area contributed by atoms with Crippen LogP contribution in [0.25, 0.3) is 10.2 Å². The van der Waals surface area contributed by atoms with Gasteiger partial charge in [-0.1, -0.05) is 18.2 Å². The van der Waals surface area contributed by atoms with Gasteiger partial charge in [0.25, 0.3) is 5.56 Å². The van der Waals surface area contributed by atoms with Crippen LogP contribution in [0, 0.1) is 6.92 Å². The Kier molecular flexibility index (Phi) is 4.81. The molecule has 3 aromatic rings. The Labute approximate surface area is 156 Å². The molecule has 142 valence electrons. The Bertz CT molecular complexity index is 1090. The molecule has 1 unspecified atom stereocenters. The molecule has 3 rings (SSSR count). The molecule has 0 aliphatic heterocycles. The van der Waals surface area contributed by atoms with Gasteiger partial charge in [0.15, 0.2) is 0 Å². The Morgan fingerprint density at radius 1 is 1.30 bits per heavy atom. The van der Waals surface area contributed by atoms with Crippen molar-refractivity contribution in [2.75, 3.05) is 0 Å². The molecule has 0 saturated carbocycles. The van der Waals surface area contributed by atoms with E-state index in [1.165, 1.54) is 36.0 Å². The molecule has 2 aromatic heterocycles. The molecule has 27 heavy (non-hydrogen) atoms. The fraction of sp³-hybridized carbons (Fsp3) is 0.278. The first-order valence-electron chi connectivity index (χ1n) is 7.93. The molecule has 0 N–H and O–H groups in total. The molecule has 1 aromatic carbocycles. The smallest absolute Gasteiger partial charge is 0.416 e. The highest BCUT2D eigenvalue weighted by atomic mass is 32.1. The number of benzene rings is 1. The number of carbonyl (C=O) groups excluding carboxylic acids is 1. The maximum Gasteiger partial charge on any atom is 0.416 e. The third-order valence-corrected chi connectivity index (χ3v) is 5.36. The minimum absolute atomic E-state index is 0.133. The Hall–Kier alpha value is -2.68. The van der Waals surface area contributed by atoms with Gasteiger partial charge < -0.3 is 9.30 Å². The van der Waals surface area contributed by atoms with Crippen molar-refractivity contribution in [2.24, 2.45) is 7.05 Å². The van der Waals surface area contributed by atoms with Crippen LogP contribution in [0.3, 0.4) is 0 Å². The summed E-state index contributed by atoms with van der Waals surface area (Å²) < 4.78 is 46.1. The Morgan fingerprint density at radius 2 is 1.96 bits per heavy atom. The maximum absolute atomic E-state index is 13.2. The number of hydrogen-bond donors (Lipinski definition) is 0. The van der Waals surface area contributed by atoms with Gasteiger partial charge in [0.05, 0.1) is 17.3 Å². The van der Waals surface area contributed by atoms with Crippen LogP contribution in [0.1, 0.15) is 39.4 Å². The molecule has 5 nitrogen and oxygen atoms in total. The number of aryl methyl sites for hydroxylation is 2. The van der Waals surface area contributed by atoms with E-state index < -0.39 is 23.8 Å². The van der Waals surface area contributed by atoms with E-state index in [-0.39, 0.29) is 16.0 Å². The zero-order valence-electron chi connectivity index (χ0n) is 14.6. The lowest BCUT2D eigenvalue weighted by Crippen LogP contribution is -2.17. The highest BCUT2D eigenvalue weighted by Gasteiger charge is 2.35. The monoisotopic (exact) mass is 396 g/mol. The van der Waals surface area contributed by atoms with Crippen LogP contribution >= 0.6 is 11.3 Å². The summed E-state index contributed by atoms with van der Waals surface area (Å²) in [7, 11) is 1.54. The first-order valence-corrected chi connectivity index (χ1v) is 8.74. The van der Waals surface area contributed by atoms with Gasteiger partial charge in [0.2, 0.25) is 0 Å². The molecule has 0 fully saturated rings. The topological polar surface area (TPSA) is 61.2 Å². The summed E-state index contributed by atoms with van der Waals surface area (Å²) in [6, 6.07) is 4.94. The molecule has 0 bridgehead atoms. The van der Waals surface area contributed by atoms with E-state index in [0.29, 0.717) is 15.8 Å². The molecule has 0 aliphatic rings. The minimum Gasteiger partial charge on any atom is -0.454 e. The quantitative estimate of drug-likeness (QED) is 0.622. The fourth-order valence-corrected chi connectivity index (χ4v) is 3.81. The number of aromatic nitrogens is 2. The molecule has 2 heterocycles. The molecule has 1 atom stereocenters. The summed E-state index contributed by atoms with van der Waals surface area (Å²) in [6.45, 7) is 2.97. The van der Waals surface area contributed by atoms with Crippen molar-refractivity contribution in [3.63, 3.8) is 0 Å². The highest BCUT2D eigenvalue weighted by molar-refractivity contribution is 7.20. The number of nitrogens with zero attached hydrogens (tertiary/aromatic N) is 2. The molecular weight excluding hydrogens is 381 g/mol. The number of alkyl halides is 3. The first kappa shape index (κ1) is 19.1. The van der Waals surface area contributed by atoms with Crippen molar-refractivity contribution < 1.29 is 22.7 Å². The predicted octanol–water partition coefficient (Wildman–Crippen LogP) is 4.24. The third-order valence-electron chi connectivity index (χ3n) is 4.18. The number of halogens is 3. The van der Waals surface area contributed by atoms with Crippen molar-refractivity contribution in [3.05, 3.63) is 62.5 Å². The van der Waals surface area contributed by atoms with Crippen LogP contribution in [0.4, 0.5) is 13.2 Å². The van der Waals surface area contributed by atoms with E-state index in [1.807, 2.05) is 0 Å². The van der Waals surface area contributed by atoms with Crippen LogP contribution in [0.15, 0.2) is 35.4 Å². The number of rotatable bonds is 3. The number of ether oxygens (including phenoxy) is 1. The number of carbonyl (C=O) groups is 1. The van der Waals surface area contributed by atoms with Crippen LogP contribution in [-0.4, -0.2) is 15.5 Å². The lowest BCUT2D eigenvalue weighted by molar-refractivity contribution is -0.139. The van der Waals surface area contributed by atoms with Crippen LogP contribution in [-0.2, 0) is 18.0 Å². The van der Waals surface area contributed by atoms with Crippen molar-refractivity contribution in [1.29, 1.82) is 0 Å². The number of esters is 1. The van der Waals surface area contributed by atoms with E-state index in [1.54, 1.807) is 14.0 Å². The van der Waals surface area contributed by atoms with Crippen LogP contribution < -0.4 is 5.56 Å². The summed E-state index contributed by atoms with van der Waals surface area (Å²) in [5.41, 5.74) is -0.881. The normalized spacial score (nSPS) is 13.0. The van der Waals surface area contributed by atoms with Crippen molar-refractivity contribution in [3.8, 4) is 0 Å². The van der Waals surface area contributed by atoms with Gasteiger partial charge in [0.1, 0.15) is 15.8 Å². The van der Waals surface area contributed by atoms with Gasteiger partial charge in [-0.15, -0.1) is 11.3 Å². The van der Waals surface area contributed by atoms with E-state index in [2.05, 4.69) is 4.98 Å². The first-order chi connectivity index (χ1) is 12.6. The van der Waals surface area contributed by atoms with E-state index >= 15 is 0 Å². The second-order valence-electron chi connectivity index (χ2n) is 6.03. The Morgan fingerprint density at radius 3 is 2.63 bits per heavy atom. The molecule has 0 spiro atoms. The molecular formula is C18H15F3N2O3S. The average Bonchev–Trinajstić information content (AvgIpc) is 2.95. The lowest BCUT2D eigenvalue weighted by Gasteiger charge is -2.18. The summed E-state index contributed by atoms with van der Waals surface area (Å²) >= 11 is 0.981. The maximum atomic E-state index is 13.2. The molecule has 0 saturated heterocycles. The highest BCUT2D eigenvalue weighted by Crippen LogP contribution is 2.36. The SMILES string of the molecule is Cc1c(C(=O)OC(C)c2ccccc2C(F)(F)F)sc2ncn(C)c(=O)c12. The summed E-state index contributed by atoms with van der Waals surface area (Å²) in [5.74, 6) is -0.790. The lowest BCUT2D eigenvalue weighted by atomic mass is 10.0. The van der Waals surface area contributed by atoms with E-state index in [4.69, 9.17) is 4.74 Å². The van der Waals surface area contributed by atoms with Crippen LogP contribution in [0.2, 0.25) is 0 Å². The summed E-state index contributed by atoms with van der Waals surface area (Å²) in [5, 5.41) is 0.306. The van der Waals surface area contributed by atoms with Crippen molar-refractivity contribution >= 4 is 27.5 Å². The summed E-state index contributed by atoms with van der Waals surface area (Å²) in [4.78, 5) is 29.4. The van der Waals surface area contributed by atoms with E-state index in [0.717, 1.165) is 17.4 Å². The molecule has 0 radical (unpaired) electrons. The predicted molar refractivity (Wildman–Crippen MR) is 94.9 cm³/mol. The fourth-order valence-electron chi connectivity index (χ4n) is 2.79. The molecule has 0 amide bonds. The Balaban J connectivity index is 1.95.